The Labute approximate surface area is 421 Å². The summed E-state index contributed by atoms with van der Waals surface area (Å²) in [5, 5.41) is 23.9. The lowest BCUT2D eigenvalue weighted by Gasteiger charge is -2.24. The summed E-state index contributed by atoms with van der Waals surface area (Å²) >= 11 is 0. The van der Waals surface area contributed by atoms with Gasteiger partial charge in [-0.25, -0.2) is 0 Å². The molecule has 0 radical (unpaired) electrons. The Morgan fingerprint density at radius 3 is 1.38 bits per heavy atom. The Kier molecular flexibility index (Phi) is 52.6. The average Bonchev–Trinajstić information content (AvgIpc) is 3.33. The Hall–Kier alpha value is -2.96. The van der Waals surface area contributed by atoms with Crippen LogP contribution in [0.4, 0.5) is 0 Å². The van der Waals surface area contributed by atoms with Crippen molar-refractivity contribution in [3.05, 3.63) is 85.1 Å². The molecule has 0 spiro atoms. The Balaban J connectivity index is 4.57. The van der Waals surface area contributed by atoms with E-state index in [1.165, 1.54) is 135 Å². The van der Waals surface area contributed by atoms with Gasteiger partial charge in [0.2, 0.25) is 5.91 Å². The summed E-state index contributed by atoms with van der Waals surface area (Å²) in [4.78, 5) is 26.3. The molecular formula is C62H109NO5. The quantitative estimate of drug-likeness (QED) is 0.0244. The monoisotopic (exact) mass is 948 g/mol. The molecule has 3 atom stereocenters. The molecule has 3 N–H and O–H groups in total. The first-order valence-corrected chi connectivity index (χ1v) is 28.9. The number of rotatable bonds is 51. The van der Waals surface area contributed by atoms with Crippen LogP contribution < -0.4 is 5.32 Å². The molecule has 0 aromatic heterocycles. The van der Waals surface area contributed by atoms with Crippen LogP contribution in [0, 0.1) is 0 Å². The average molecular weight is 949 g/mol. The Bertz CT molecular complexity index is 1290. The molecule has 0 saturated heterocycles. The van der Waals surface area contributed by atoms with Gasteiger partial charge in [0, 0.05) is 6.42 Å². The van der Waals surface area contributed by atoms with Crippen LogP contribution in [0.25, 0.3) is 0 Å². The molecule has 0 heterocycles. The number of amides is 1. The van der Waals surface area contributed by atoms with Gasteiger partial charge in [0.1, 0.15) is 6.10 Å². The maximum Gasteiger partial charge on any atom is 0.306 e. The van der Waals surface area contributed by atoms with E-state index in [9.17, 15) is 19.8 Å². The second-order valence-corrected chi connectivity index (χ2v) is 19.4. The number of aliphatic hydroxyl groups excluding tert-OH is 2. The lowest BCUT2D eigenvalue weighted by Crippen LogP contribution is -2.46. The highest BCUT2D eigenvalue weighted by Gasteiger charge is 2.24. The number of aliphatic hydroxyl groups is 2. The van der Waals surface area contributed by atoms with Crippen LogP contribution in [0.2, 0.25) is 0 Å². The minimum atomic E-state index is -0.806. The number of carbonyl (C=O) groups excluding carboxylic acids is 2. The van der Waals surface area contributed by atoms with E-state index in [4.69, 9.17) is 4.74 Å². The second kappa shape index (κ2) is 55.0. The number of allylic oxidation sites excluding steroid dienone is 14. The van der Waals surface area contributed by atoms with Gasteiger partial charge in [0.15, 0.2) is 0 Å². The summed E-state index contributed by atoms with van der Waals surface area (Å²) in [6.07, 6.45) is 72.2. The van der Waals surface area contributed by atoms with Crippen LogP contribution in [0.1, 0.15) is 271 Å². The van der Waals surface area contributed by atoms with Crippen molar-refractivity contribution < 1.29 is 24.5 Å². The molecule has 68 heavy (non-hydrogen) atoms. The van der Waals surface area contributed by atoms with Crippen molar-refractivity contribution in [3.63, 3.8) is 0 Å². The highest BCUT2D eigenvalue weighted by atomic mass is 16.5. The third-order valence-corrected chi connectivity index (χ3v) is 12.8. The maximum atomic E-state index is 13.3. The van der Waals surface area contributed by atoms with Crippen molar-refractivity contribution >= 4 is 11.9 Å². The minimum absolute atomic E-state index is 0.0427. The minimum Gasteiger partial charge on any atom is -0.462 e. The van der Waals surface area contributed by atoms with Gasteiger partial charge in [-0.1, -0.05) is 260 Å². The second-order valence-electron chi connectivity index (χ2n) is 19.4. The standard InChI is InChI=1S/C62H109NO5/c1-4-7-10-13-16-19-22-25-27-29-30-32-34-37-40-43-46-49-52-55-62(67)68-58(53-50-47-44-41-38-35-24-21-18-15-12-9-6-3)56-61(66)63-59(57-64)60(65)54-51-48-45-42-39-36-33-31-28-26-23-20-17-14-11-8-5-2/h9,12,15-16,18-19,21,24-25,27,30,32,35,38,58-60,64-65H,4-8,10-11,13-14,17,20,22-23,26,28-29,31,33-34,36-37,39-57H2,1-3H3,(H,63,66)/b12-9+,18-15+,19-16-,24-21+,27-25-,32-30-,38-35-. The van der Waals surface area contributed by atoms with Gasteiger partial charge in [-0.05, 0) is 83.5 Å². The number of hydrogen-bond acceptors (Lipinski definition) is 5. The van der Waals surface area contributed by atoms with Crippen molar-refractivity contribution in [3.8, 4) is 0 Å². The summed E-state index contributed by atoms with van der Waals surface area (Å²) in [6.45, 7) is 6.32. The van der Waals surface area contributed by atoms with Crippen LogP contribution in [0.3, 0.4) is 0 Å². The van der Waals surface area contributed by atoms with E-state index in [-0.39, 0.29) is 24.9 Å². The summed E-state index contributed by atoms with van der Waals surface area (Å²) in [5.41, 5.74) is 0. The molecule has 6 heteroatoms. The van der Waals surface area contributed by atoms with E-state index < -0.39 is 18.2 Å². The molecule has 0 aliphatic heterocycles. The van der Waals surface area contributed by atoms with Gasteiger partial charge in [-0.3, -0.25) is 9.59 Å². The molecule has 0 aromatic carbocycles. The zero-order valence-electron chi connectivity index (χ0n) is 44.7. The summed E-state index contributed by atoms with van der Waals surface area (Å²) in [5.74, 6) is -0.527. The third kappa shape index (κ3) is 49.5. The van der Waals surface area contributed by atoms with E-state index in [0.29, 0.717) is 19.3 Å². The smallest absolute Gasteiger partial charge is 0.306 e. The first kappa shape index (κ1) is 65.0. The molecule has 0 bridgehead atoms. The Morgan fingerprint density at radius 1 is 0.456 bits per heavy atom. The van der Waals surface area contributed by atoms with E-state index in [0.717, 1.165) is 89.9 Å². The molecular weight excluding hydrogens is 839 g/mol. The van der Waals surface area contributed by atoms with E-state index in [1.54, 1.807) is 0 Å². The fourth-order valence-electron chi connectivity index (χ4n) is 8.45. The van der Waals surface area contributed by atoms with Crippen molar-refractivity contribution in [2.24, 2.45) is 0 Å². The van der Waals surface area contributed by atoms with Gasteiger partial charge in [-0.2, -0.15) is 0 Å². The molecule has 0 saturated carbocycles. The third-order valence-electron chi connectivity index (χ3n) is 12.8. The first-order chi connectivity index (χ1) is 33.5. The highest BCUT2D eigenvalue weighted by molar-refractivity contribution is 5.77. The van der Waals surface area contributed by atoms with Crippen molar-refractivity contribution in [1.29, 1.82) is 0 Å². The van der Waals surface area contributed by atoms with E-state index >= 15 is 0 Å². The van der Waals surface area contributed by atoms with Crippen molar-refractivity contribution in [2.75, 3.05) is 6.61 Å². The van der Waals surface area contributed by atoms with Gasteiger partial charge in [0.25, 0.3) is 0 Å². The molecule has 0 aliphatic rings. The van der Waals surface area contributed by atoms with E-state index in [2.05, 4.69) is 86.8 Å². The SMILES string of the molecule is CC/C=C/C=C/C=C/C=C\CCCCCC(CC(=O)NC(CO)C(O)CCCCCCCCCCCCCCCCCCC)OC(=O)CCCCCCCC/C=C\C/C=C\C/C=C\CCCCC. The molecule has 0 rings (SSSR count). The lowest BCUT2D eigenvalue weighted by atomic mass is 10.0. The number of nitrogens with one attached hydrogen (secondary N) is 1. The summed E-state index contributed by atoms with van der Waals surface area (Å²) in [7, 11) is 0. The normalized spacial score (nSPS) is 13.8. The van der Waals surface area contributed by atoms with Crippen LogP contribution in [-0.2, 0) is 14.3 Å². The number of ether oxygens (including phenoxy) is 1. The fourth-order valence-corrected chi connectivity index (χ4v) is 8.45. The summed E-state index contributed by atoms with van der Waals surface area (Å²) < 4.78 is 5.93. The number of esters is 1. The maximum absolute atomic E-state index is 13.3. The van der Waals surface area contributed by atoms with Crippen molar-refractivity contribution in [2.45, 2.75) is 289 Å². The van der Waals surface area contributed by atoms with Gasteiger partial charge < -0.3 is 20.3 Å². The molecule has 3 unspecified atom stereocenters. The molecule has 6 nitrogen and oxygen atoms in total. The van der Waals surface area contributed by atoms with Crippen molar-refractivity contribution in [1.82, 2.24) is 5.32 Å². The zero-order chi connectivity index (χ0) is 49.5. The van der Waals surface area contributed by atoms with Crippen LogP contribution >= 0.6 is 0 Å². The predicted molar refractivity (Wildman–Crippen MR) is 296 cm³/mol. The number of carbonyl (C=O) groups is 2. The molecule has 0 aliphatic carbocycles. The lowest BCUT2D eigenvalue weighted by molar-refractivity contribution is -0.151. The molecule has 0 aromatic rings. The van der Waals surface area contributed by atoms with Gasteiger partial charge in [-0.15, -0.1) is 0 Å². The molecule has 392 valence electrons. The fraction of sp³-hybridized carbons (Fsp3) is 0.742. The van der Waals surface area contributed by atoms with Crippen LogP contribution in [-0.4, -0.2) is 46.9 Å². The molecule has 1 amide bonds. The molecule has 0 fully saturated rings. The summed E-state index contributed by atoms with van der Waals surface area (Å²) in [6, 6.07) is -0.723. The topological polar surface area (TPSA) is 95.9 Å². The predicted octanol–water partition coefficient (Wildman–Crippen LogP) is 17.9. The highest BCUT2D eigenvalue weighted by Crippen LogP contribution is 2.18. The first-order valence-electron chi connectivity index (χ1n) is 28.9. The van der Waals surface area contributed by atoms with Crippen LogP contribution in [0.15, 0.2) is 85.1 Å². The number of hydrogen-bond donors (Lipinski definition) is 3. The largest absolute Gasteiger partial charge is 0.462 e. The van der Waals surface area contributed by atoms with Gasteiger partial charge in [0.05, 0.1) is 25.2 Å². The number of unbranched alkanes of at least 4 members (excludes halogenated alkanes) is 28. The van der Waals surface area contributed by atoms with E-state index in [1.807, 2.05) is 24.3 Å². The Morgan fingerprint density at radius 2 is 0.853 bits per heavy atom. The van der Waals surface area contributed by atoms with Gasteiger partial charge >= 0.3 is 5.97 Å². The zero-order valence-corrected chi connectivity index (χ0v) is 44.7. The van der Waals surface area contributed by atoms with Crippen LogP contribution in [0.5, 0.6) is 0 Å².